The molecule has 0 spiro atoms. The molecule has 2 aromatic rings. The molecule has 0 aliphatic heterocycles. The van der Waals surface area contributed by atoms with E-state index in [4.69, 9.17) is 0 Å². The molecule has 0 saturated heterocycles. The third-order valence-electron chi connectivity index (χ3n) is 2.27. The molecule has 88 valence electrons. The number of anilines is 2. The fourth-order valence-electron chi connectivity index (χ4n) is 1.31. The highest BCUT2D eigenvalue weighted by Gasteiger charge is 2.00. The van der Waals surface area contributed by atoms with Crippen LogP contribution in [0.2, 0.25) is 0 Å². The molecule has 0 amide bonds. The second-order valence-electron chi connectivity index (χ2n) is 3.52. The summed E-state index contributed by atoms with van der Waals surface area (Å²) in [5, 5.41) is 2.95. The van der Waals surface area contributed by atoms with Crippen molar-refractivity contribution in [2.24, 2.45) is 7.05 Å². The van der Waals surface area contributed by atoms with E-state index in [9.17, 15) is 9.59 Å². The van der Waals surface area contributed by atoms with Crippen LogP contribution in [-0.4, -0.2) is 9.55 Å². The van der Waals surface area contributed by atoms with Crippen LogP contribution in [0.5, 0.6) is 0 Å². The Bertz CT molecular complexity index is 612. The van der Waals surface area contributed by atoms with Crippen LogP contribution in [0.15, 0.2) is 44.4 Å². The molecule has 1 aromatic carbocycles. The Morgan fingerprint density at radius 3 is 2.47 bits per heavy atom. The number of H-pyrrole nitrogens is 1. The summed E-state index contributed by atoms with van der Waals surface area (Å²) in [6, 6.07) is 8.73. The highest BCUT2D eigenvalue weighted by molar-refractivity contribution is 9.10. The largest absolute Gasteiger partial charge is 0.342 e. The zero-order chi connectivity index (χ0) is 12.4. The molecule has 0 aliphatic carbocycles. The lowest BCUT2D eigenvalue weighted by Gasteiger charge is -2.06. The summed E-state index contributed by atoms with van der Waals surface area (Å²) in [6.45, 7) is 0. The van der Waals surface area contributed by atoms with Crippen LogP contribution in [-0.2, 0) is 7.05 Å². The van der Waals surface area contributed by atoms with Crippen molar-refractivity contribution in [1.82, 2.24) is 9.55 Å². The fourth-order valence-corrected chi connectivity index (χ4v) is 1.58. The average molecular weight is 296 g/mol. The third-order valence-corrected chi connectivity index (χ3v) is 2.80. The molecule has 0 aliphatic rings. The van der Waals surface area contributed by atoms with Crippen molar-refractivity contribution < 1.29 is 0 Å². The summed E-state index contributed by atoms with van der Waals surface area (Å²) < 4.78 is 1.97. The average Bonchev–Trinajstić information content (AvgIpc) is 2.29. The van der Waals surface area contributed by atoms with E-state index in [1.165, 1.54) is 13.1 Å². The van der Waals surface area contributed by atoms with E-state index in [0.717, 1.165) is 14.7 Å². The third kappa shape index (κ3) is 2.65. The van der Waals surface area contributed by atoms with Gasteiger partial charge in [0.2, 0.25) is 0 Å². The topological polar surface area (TPSA) is 66.9 Å². The minimum absolute atomic E-state index is 0.353. The first-order valence-electron chi connectivity index (χ1n) is 4.89. The first-order chi connectivity index (χ1) is 8.06. The second-order valence-corrected chi connectivity index (χ2v) is 4.43. The molecule has 0 radical (unpaired) electrons. The zero-order valence-corrected chi connectivity index (χ0v) is 10.6. The van der Waals surface area contributed by atoms with Gasteiger partial charge in [-0.1, -0.05) is 15.9 Å². The first kappa shape index (κ1) is 11.7. The summed E-state index contributed by atoms with van der Waals surface area (Å²) in [5.74, 6) is 0.375. The van der Waals surface area contributed by atoms with Gasteiger partial charge in [-0.3, -0.25) is 14.3 Å². The van der Waals surface area contributed by atoms with Crippen molar-refractivity contribution >= 4 is 27.4 Å². The Morgan fingerprint density at radius 2 is 1.88 bits per heavy atom. The molecule has 0 atom stereocenters. The SMILES string of the molecule is Cn1c(=O)cc(Nc2ccc(Br)cc2)[nH]c1=O. The molecule has 0 unspecified atom stereocenters. The van der Waals surface area contributed by atoms with E-state index < -0.39 is 5.69 Å². The quantitative estimate of drug-likeness (QED) is 0.884. The summed E-state index contributed by atoms with van der Waals surface area (Å²) in [4.78, 5) is 25.3. The molecule has 1 heterocycles. The van der Waals surface area contributed by atoms with E-state index in [-0.39, 0.29) is 5.56 Å². The minimum atomic E-state index is -0.447. The van der Waals surface area contributed by atoms with Gasteiger partial charge < -0.3 is 5.32 Å². The van der Waals surface area contributed by atoms with Crippen LogP contribution in [0.1, 0.15) is 0 Å². The molecule has 6 heteroatoms. The molecule has 2 N–H and O–H groups in total. The zero-order valence-electron chi connectivity index (χ0n) is 9.03. The van der Waals surface area contributed by atoms with Gasteiger partial charge in [0.05, 0.1) is 0 Å². The Morgan fingerprint density at radius 1 is 1.24 bits per heavy atom. The number of hydrogen-bond donors (Lipinski definition) is 2. The van der Waals surface area contributed by atoms with E-state index in [1.807, 2.05) is 24.3 Å². The number of nitrogens with one attached hydrogen (secondary N) is 2. The molecule has 0 saturated carbocycles. The molecule has 17 heavy (non-hydrogen) atoms. The second kappa shape index (κ2) is 4.58. The van der Waals surface area contributed by atoms with Gasteiger partial charge in [0.1, 0.15) is 5.82 Å². The Hall–Kier alpha value is -1.82. The Labute approximate surface area is 105 Å². The van der Waals surface area contributed by atoms with Gasteiger partial charge in [-0.25, -0.2) is 4.79 Å². The predicted molar refractivity (Wildman–Crippen MR) is 69.7 cm³/mol. The van der Waals surface area contributed by atoms with Crippen LogP contribution < -0.4 is 16.6 Å². The predicted octanol–water partition coefficient (Wildman–Crippen LogP) is 1.58. The van der Waals surface area contributed by atoms with Crippen molar-refractivity contribution in [2.45, 2.75) is 0 Å². The summed E-state index contributed by atoms with van der Waals surface area (Å²) in [5.41, 5.74) is -0.0115. The van der Waals surface area contributed by atoms with E-state index >= 15 is 0 Å². The smallest absolute Gasteiger partial charge is 0.329 e. The number of aromatic amines is 1. The van der Waals surface area contributed by atoms with E-state index in [1.54, 1.807) is 0 Å². The van der Waals surface area contributed by atoms with Crippen LogP contribution >= 0.6 is 15.9 Å². The molecule has 0 bridgehead atoms. The van der Waals surface area contributed by atoms with Gasteiger partial charge >= 0.3 is 5.69 Å². The van der Waals surface area contributed by atoms with E-state index in [0.29, 0.717) is 5.82 Å². The lowest BCUT2D eigenvalue weighted by molar-refractivity contribution is 0.778. The normalized spacial score (nSPS) is 10.2. The summed E-state index contributed by atoms with van der Waals surface area (Å²) >= 11 is 3.32. The minimum Gasteiger partial charge on any atom is -0.342 e. The van der Waals surface area contributed by atoms with Gasteiger partial charge in [0.25, 0.3) is 5.56 Å². The van der Waals surface area contributed by atoms with Crippen LogP contribution in [0.25, 0.3) is 0 Å². The van der Waals surface area contributed by atoms with Gasteiger partial charge in [-0.05, 0) is 24.3 Å². The van der Waals surface area contributed by atoms with Crippen molar-refractivity contribution in [2.75, 3.05) is 5.32 Å². The number of halogens is 1. The lowest BCUT2D eigenvalue weighted by Crippen LogP contribution is -2.32. The maximum absolute atomic E-state index is 11.4. The van der Waals surface area contributed by atoms with Crippen molar-refractivity contribution in [3.05, 3.63) is 55.6 Å². The van der Waals surface area contributed by atoms with Crippen LogP contribution in [0, 0.1) is 0 Å². The molecule has 5 nitrogen and oxygen atoms in total. The number of nitrogens with zero attached hydrogens (tertiary/aromatic N) is 1. The lowest BCUT2D eigenvalue weighted by atomic mass is 10.3. The summed E-state index contributed by atoms with van der Waals surface area (Å²) in [6.07, 6.45) is 0. The van der Waals surface area contributed by atoms with Crippen molar-refractivity contribution in [3.63, 3.8) is 0 Å². The standard InChI is InChI=1S/C11H10BrN3O2/c1-15-10(16)6-9(14-11(15)17)13-8-4-2-7(12)3-5-8/h2-6,13H,1H3,(H,14,17). The van der Waals surface area contributed by atoms with E-state index in [2.05, 4.69) is 26.2 Å². The number of hydrogen-bond acceptors (Lipinski definition) is 3. The maximum Gasteiger partial charge on any atom is 0.329 e. The number of benzene rings is 1. The Balaban J connectivity index is 2.34. The molecular weight excluding hydrogens is 286 g/mol. The van der Waals surface area contributed by atoms with Gasteiger partial charge in [-0.2, -0.15) is 0 Å². The first-order valence-corrected chi connectivity index (χ1v) is 5.68. The van der Waals surface area contributed by atoms with Gasteiger partial charge in [0, 0.05) is 23.3 Å². The molecule has 0 fully saturated rings. The van der Waals surface area contributed by atoms with Gasteiger partial charge in [0.15, 0.2) is 0 Å². The fraction of sp³-hybridized carbons (Fsp3) is 0.0909. The Kier molecular flexibility index (Phi) is 3.14. The van der Waals surface area contributed by atoms with Crippen molar-refractivity contribution in [1.29, 1.82) is 0 Å². The molecular formula is C11H10BrN3O2. The van der Waals surface area contributed by atoms with Gasteiger partial charge in [-0.15, -0.1) is 0 Å². The monoisotopic (exact) mass is 295 g/mol. The number of rotatable bonds is 2. The number of aromatic nitrogens is 2. The maximum atomic E-state index is 11.4. The summed E-state index contributed by atoms with van der Waals surface area (Å²) in [7, 11) is 1.42. The highest BCUT2D eigenvalue weighted by Crippen LogP contribution is 2.16. The molecule has 1 aromatic heterocycles. The van der Waals surface area contributed by atoms with Crippen LogP contribution in [0.4, 0.5) is 11.5 Å². The molecule has 2 rings (SSSR count). The van der Waals surface area contributed by atoms with Crippen LogP contribution in [0.3, 0.4) is 0 Å². The highest BCUT2D eigenvalue weighted by atomic mass is 79.9. The van der Waals surface area contributed by atoms with Crippen molar-refractivity contribution in [3.8, 4) is 0 Å².